The van der Waals surface area contributed by atoms with Crippen molar-refractivity contribution in [3.63, 3.8) is 0 Å². The van der Waals surface area contributed by atoms with E-state index in [4.69, 9.17) is 4.74 Å². The van der Waals surface area contributed by atoms with E-state index in [1.807, 2.05) is 0 Å². The van der Waals surface area contributed by atoms with Crippen molar-refractivity contribution in [2.45, 2.75) is 38.8 Å². The molecule has 0 aromatic heterocycles. The van der Waals surface area contributed by atoms with Gasteiger partial charge in [0.1, 0.15) is 0 Å². The molecular weight excluding hydrogens is 226 g/mol. The summed E-state index contributed by atoms with van der Waals surface area (Å²) < 4.78 is 5.68. The van der Waals surface area contributed by atoms with Crippen molar-refractivity contribution < 1.29 is 4.74 Å². The molecule has 2 atom stereocenters. The smallest absolute Gasteiger partial charge is 0.0637 e. The highest BCUT2D eigenvalue weighted by atomic mass is 16.5. The summed E-state index contributed by atoms with van der Waals surface area (Å²) in [5.74, 6) is 0. The van der Waals surface area contributed by atoms with Gasteiger partial charge in [0.05, 0.1) is 6.61 Å². The Balaban J connectivity index is 2.44. The molecule has 1 aliphatic rings. The van der Waals surface area contributed by atoms with Crippen LogP contribution in [0.15, 0.2) is 0 Å². The second kappa shape index (κ2) is 8.86. The van der Waals surface area contributed by atoms with E-state index in [1.54, 1.807) is 0 Å². The van der Waals surface area contributed by atoms with Crippen molar-refractivity contribution in [3.05, 3.63) is 0 Å². The monoisotopic (exact) mass is 257 g/mol. The zero-order valence-corrected chi connectivity index (χ0v) is 12.6. The summed E-state index contributed by atoms with van der Waals surface area (Å²) in [7, 11) is 4.28. The molecule has 2 unspecified atom stereocenters. The SMILES string of the molecule is CCNC1CCOCC1N(CC)CCCN(C)C. The number of nitrogens with one attached hydrogen (secondary N) is 1. The maximum absolute atomic E-state index is 5.68. The quantitative estimate of drug-likeness (QED) is 0.703. The largest absolute Gasteiger partial charge is 0.380 e. The Labute approximate surface area is 113 Å². The number of ether oxygens (including phenoxy) is 1. The van der Waals surface area contributed by atoms with Gasteiger partial charge in [-0.1, -0.05) is 13.8 Å². The molecule has 1 saturated heterocycles. The van der Waals surface area contributed by atoms with E-state index in [9.17, 15) is 0 Å². The van der Waals surface area contributed by atoms with E-state index in [1.165, 1.54) is 13.0 Å². The summed E-state index contributed by atoms with van der Waals surface area (Å²) in [4.78, 5) is 4.84. The molecule has 0 radical (unpaired) electrons. The normalized spacial score (nSPS) is 25.0. The molecule has 0 aliphatic carbocycles. The predicted molar refractivity (Wildman–Crippen MR) is 77.1 cm³/mol. The molecule has 0 aromatic rings. The number of hydrogen-bond acceptors (Lipinski definition) is 4. The maximum atomic E-state index is 5.68. The van der Waals surface area contributed by atoms with Crippen LogP contribution in [0.3, 0.4) is 0 Å². The van der Waals surface area contributed by atoms with Crippen molar-refractivity contribution in [1.29, 1.82) is 0 Å². The maximum Gasteiger partial charge on any atom is 0.0637 e. The van der Waals surface area contributed by atoms with E-state index >= 15 is 0 Å². The zero-order valence-electron chi connectivity index (χ0n) is 12.6. The van der Waals surface area contributed by atoms with Gasteiger partial charge in [-0.3, -0.25) is 4.90 Å². The highest BCUT2D eigenvalue weighted by Gasteiger charge is 2.29. The van der Waals surface area contributed by atoms with Gasteiger partial charge in [-0.05, 0) is 53.1 Å². The lowest BCUT2D eigenvalue weighted by atomic mass is 10.0. The Morgan fingerprint density at radius 3 is 2.61 bits per heavy atom. The first-order chi connectivity index (χ1) is 8.69. The van der Waals surface area contributed by atoms with Gasteiger partial charge in [0.25, 0.3) is 0 Å². The van der Waals surface area contributed by atoms with Crippen LogP contribution in [-0.2, 0) is 4.74 Å². The van der Waals surface area contributed by atoms with E-state index in [-0.39, 0.29) is 0 Å². The van der Waals surface area contributed by atoms with Crippen molar-refractivity contribution in [3.8, 4) is 0 Å². The van der Waals surface area contributed by atoms with Gasteiger partial charge in [0.15, 0.2) is 0 Å². The summed E-state index contributed by atoms with van der Waals surface area (Å²) in [6.45, 7) is 10.7. The van der Waals surface area contributed by atoms with Gasteiger partial charge < -0.3 is 15.0 Å². The van der Waals surface area contributed by atoms with E-state index in [0.717, 1.165) is 39.3 Å². The molecule has 1 aliphatic heterocycles. The molecule has 4 nitrogen and oxygen atoms in total. The number of hydrogen-bond donors (Lipinski definition) is 1. The first-order valence-electron chi connectivity index (χ1n) is 7.38. The number of rotatable bonds is 8. The number of likely N-dealkylation sites (N-methyl/N-ethyl adjacent to an activating group) is 2. The fraction of sp³-hybridized carbons (Fsp3) is 1.00. The molecule has 0 spiro atoms. The molecule has 0 bridgehead atoms. The Morgan fingerprint density at radius 1 is 1.22 bits per heavy atom. The van der Waals surface area contributed by atoms with Crippen LogP contribution in [0, 0.1) is 0 Å². The molecule has 4 heteroatoms. The topological polar surface area (TPSA) is 27.7 Å². The van der Waals surface area contributed by atoms with Crippen molar-refractivity contribution >= 4 is 0 Å². The Morgan fingerprint density at radius 2 is 2.00 bits per heavy atom. The zero-order chi connectivity index (χ0) is 13.4. The molecular formula is C14H31N3O. The second-order valence-corrected chi connectivity index (χ2v) is 5.38. The third-order valence-electron chi connectivity index (χ3n) is 3.72. The average molecular weight is 257 g/mol. The van der Waals surface area contributed by atoms with Crippen LogP contribution >= 0.6 is 0 Å². The van der Waals surface area contributed by atoms with Crippen LogP contribution in [0.5, 0.6) is 0 Å². The van der Waals surface area contributed by atoms with E-state index in [2.05, 4.69) is 43.1 Å². The van der Waals surface area contributed by atoms with Crippen molar-refractivity contribution in [2.75, 3.05) is 53.5 Å². The predicted octanol–water partition coefficient (Wildman–Crippen LogP) is 1.03. The summed E-state index contributed by atoms with van der Waals surface area (Å²) in [5, 5.41) is 3.62. The molecule has 0 aromatic carbocycles. The molecule has 1 rings (SSSR count). The van der Waals surface area contributed by atoms with E-state index in [0.29, 0.717) is 12.1 Å². The molecule has 0 amide bonds. The third kappa shape index (κ3) is 5.22. The third-order valence-corrected chi connectivity index (χ3v) is 3.72. The molecule has 1 N–H and O–H groups in total. The number of nitrogens with zero attached hydrogens (tertiary/aromatic N) is 2. The Hall–Kier alpha value is -0.160. The second-order valence-electron chi connectivity index (χ2n) is 5.38. The summed E-state index contributed by atoms with van der Waals surface area (Å²) in [6.07, 6.45) is 2.37. The van der Waals surface area contributed by atoms with Crippen LogP contribution < -0.4 is 5.32 Å². The van der Waals surface area contributed by atoms with Crippen LogP contribution in [0.25, 0.3) is 0 Å². The molecule has 0 saturated carbocycles. The lowest BCUT2D eigenvalue weighted by Gasteiger charge is -2.40. The van der Waals surface area contributed by atoms with Gasteiger partial charge in [0.2, 0.25) is 0 Å². The molecule has 108 valence electrons. The molecule has 18 heavy (non-hydrogen) atoms. The fourth-order valence-corrected chi connectivity index (χ4v) is 2.73. The van der Waals surface area contributed by atoms with Crippen LogP contribution in [-0.4, -0.2) is 75.4 Å². The van der Waals surface area contributed by atoms with Gasteiger partial charge >= 0.3 is 0 Å². The minimum absolute atomic E-state index is 0.547. The van der Waals surface area contributed by atoms with E-state index < -0.39 is 0 Å². The van der Waals surface area contributed by atoms with Gasteiger partial charge in [-0.2, -0.15) is 0 Å². The highest BCUT2D eigenvalue weighted by molar-refractivity contribution is 4.86. The van der Waals surface area contributed by atoms with Crippen LogP contribution in [0.4, 0.5) is 0 Å². The first kappa shape index (κ1) is 15.9. The first-order valence-corrected chi connectivity index (χ1v) is 7.38. The summed E-state index contributed by atoms with van der Waals surface area (Å²) >= 11 is 0. The minimum Gasteiger partial charge on any atom is -0.380 e. The minimum atomic E-state index is 0.547. The standard InChI is InChI=1S/C14H31N3O/c1-5-15-13-8-11-18-12-14(13)17(6-2)10-7-9-16(3)4/h13-15H,5-12H2,1-4H3. The van der Waals surface area contributed by atoms with Gasteiger partial charge in [0, 0.05) is 18.7 Å². The van der Waals surface area contributed by atoms with Gasteiger partial charge in [-0.25, -0.2) is 0 Å². The average Bonchev–Trinajstić information content (AvgIpc) is 2.36. The van der Waals surface area contributed by atoms with Gasteiger partial charge in [-0.15, -0.1) is 0 Å². The van der Waals surface area contributed by atoms with Crippen LogP contribution in [0.1, 0.15) is 26.7 Å². The summed E-state index contributed by atoms with van der Waals surface area (Å²) in [5.41, 5.74) is 0. The summed E-state index contributed by atoms with van der Waals surface area (Å²) in [6, 6.07) is 1.15. The lowest BCUT2D eigenvalue weighted by Crippen LogP contribution is -2.55. The lowest BCUT2D eigenvalue weighted by molar-refractivity contribution is -0.00189. The van der Waals surface area contributed by atoms with Crippen molar-refractivity contribution in [1.82, 2.24) is 15.1 Å². The van der Waals surface area contributed by atoms with Crippen molar-refractivity contribution in [2.24, 2.45) is 0 Å². The molecule has 1 fully saturated rings. The van der Waals surface area contributed by atoms with Crippen LogP contribution in [0.2, 0.25) is 0 Å². The molecule has 1 heterocycles. The fourth-order valence-electron chi connectivity index (χ4n) is 2.73. The highest BCUT2D eigenvalue weighted by Crippen LogP contribution is 2.14. The Bertz CT molecular complexity index is 209. The Kier molecular flexibility index (Phi) is 7.82.